The Kier molecular flexibility index (Phi) is 7.76. The van der Waals surface area contributed by atoms with E-state index in [4.69, 9.17) is 4.74 Å². The average Bonchev–Trinajstić information content (AvgIpc) is 3.43. The van der Waals surface area contributed by atoms with Crippen molar-refractivity contribution in [1.29, 1.82) is 0 Å². The fourth-order valence-electron chi connectivity index (χ4n) is 3.76. The zero-order valence-electron chi connectivity index (χ0n) is 20.9. The summed E-state index contributed by atoms with van der Waals surface area (Å²) >= 11 is 2.84. The van der Waals surface area contributed by atoms with Gasteiger partial charge in [-0.1, -0.05) is 61.2 Å². The summed E-state index contributed by atoms with van der Waals surface area (Å²) in [5.41, 5.74) is 3.30. The molecule has 0 fully saturated rings. The third kappa shape index (κ3) is 5.85. The second-order valence-electron chi connectivity index (χ2n) is 9.07. The maximum absolute atomic E-state index is 12.6. The van der Waals surface area contributed by atoms with Crippen LogP contribution in [0, 0.1) is 6.92 Å². The van der Waals surface area contributed by atoms with Crippen LogP contribution < -0.4 is 10.1 Å². The van der Waals surface area contributed by atoms with Crippen LogP contribution in [0.4, 0.5) is 5.13 Å². The minimum absolute atomic E-state index is 0.118. The fraction of sp³-hybridized carbons (Fsp3) is 0.385. The molecule has 1 atom stereocenters. The molecular weight excluding hydrogens is 478 g/mol. The normalized spacial score (nSPS) is 12.5. The second-order valence-corrected chi connectivity index (χ2v) is 11.0. The van der Waals surface area contributed by atoms with Crippen molar-refractivity contribution in [1.82, 2.24) is 19.7 Å². The third-order valence-electron chi connectivity index (χ3n) is 5.63. The van der Waals surface area contributed by atoms with Crippen LogP contribution in [-0.4, -0.2) is 31.4 Å². The van der Waals surface area contributed by atoms with Crippen molar-refractivity contribution in [3.05, 3.63) is 59.4 Å². The molecule has 2 heterocycles. The first-order valence-corrected chi connectivity index (χ1v) is 13.5. The molecule has 7 nitrogen and oxygen atoms in total. The minimum Gasteiger partial charge on any atom is -0.483 e. The number of carbonyl (C=O) groups is 1. The molecule has 0 saturated heterocycles. The van der Waals surface area contributed by atoms with Gasteiger partial charge in [0, 0.05) is 6.04 Å². The van der Waals surface area contributed by atoms with Crippen LogP contribution in [0.15, 0.2) is 47.6 Å². The molecule has 1 unspecified atom stereocenters. The van der Waals surface area contributed by atoms with E-state index in [2.05, 4.69) is 60.3 Å². The van der Waals surface area contributed by atoms with Crippen molar-refractivity contribution in [2.45, 2.75) is 64.8 Å². The Morgan fingerprint density at radius 3 is 2.49 bits per heavy atom. The number of ether oxygens (including phenoxy) is 1. The lowest BCUT2D eigenvalue weighted by Gasteiger charge is -2.19. The van der Waals surface area contributed by atoms with Gasteiger partial charge in [0.25, 0.3) is 0 Å². The molecule has 0 aliphatic carbocycles. The number of aryl methyl sites for hydroxylation is 1. The highest BCUT2D eigenvalue weighted by molar-refractivity contribution is 7.99. The van der Waals surface area contributed by atoms with Crippen LogP contribution in [0.1, 0.15) is 69.6 Å². The highest BCUT2D eigenvalue weighted by atomic mass is 32.2. The van der Waals surface area contributed by atoms with Gasteiger partial charge in [-0.2, -0.15) is 0 Å². The number of fused-ring (bicyclic) bond motifs is 1. The summed E-state index contributed by atoms with van der Waals surface area (Å²) in [6, 6.07) is 14.3. The third-order valence-corrected chi connectivity index (χ3v) is 7.51. The number of benzene rings is 2. The number of carbonyl (C=O) groups excluding carboxylic acids is 1. The van der Waals surface area contributed by atoms with Gasteiger partial charge in [0.1, 0.15) is 5.75 Å². The molecule has 0 bridgehead atoms. The summed E-state index contributed by atoms with van der Waals surface area (Å²) in [6.07, 6.45) is -0.288. The number of nitrogens with zero attached hydrogens (tertiary/aromatic N) is 4. The first-order valence-electron chi connectivity index (χ1n) is 11.7. The largest absolute Gasteiger partial charge is 0.483 e. The molecule has 2 aromatic heterocycles. The molecule has 0 aliphatic rings. The number of anilines is 1. The van der Waals surface area contributed by atoms with Crippen LogP contribution in [-0.2, 0) is 4.79 Å². The number of nitrogens with one attached hydrogen (secondary N) is 1. The van der Waals surface area contributed by atoms with E-state index in [9.17, 15) is 4.79 Å². The van der Waals surface area contributed by atoms with Crippen LogP contribution >= 0.6 is 23.1 Å². The van der Waals surface area contributed by atoms with E-state index in [0.717, 1.165) is 27.4 Å². The second kappa shape index (κ2) is 10.8. The smallest absolute Gasteiger partial charge is 0.236 e. The molecule has 1 amide bonds. The van der Waals surface area contributed by atoms with Crippen LogP contribution in [0.25, 0.3) is 10.2 Å². The molecule has 0 spiro atoms. The van der Waals surface area contributed by atoms with Crippen molar-refractivity contribution in [2.24, 2.45) is 0 Å². The Morgan fingerprint density at radius 2 is 1.83 bits per heavy atom. The van der Waals surface area contributed by atoms with Gasteiger partial charge in [-0.25, -0.2) is 4.98 Å². The van der Waals surface area contributed by atoms with Gasteiger partial charge in [-0.05, 0) is 62.9 Å². The lowest BCUT2D eigenvalue weighted by Crippen LogP contribution is -2.16. The van der Waals surface area contributed by atoms with E-state index in [-0.39, 0.29) is 23.8 Å². The van der Waals surface area contributed by atoms with Crippen LogP contribution in [0.5, 0.6) is 5.75 Å². The molecular formula is C26H31N5O2S2. The number of amides is 1. The van der Waals surface area contributed by atoms with Crippen molar-refractivity contribution < 1.29 is 9.53 Å². The van der Waals surface area contributed by atoms with Gasteiger partial charge < -0.3 is 14.6 Å². The number of hydrogen-bond acceptors (Lipinski definition) is 7. The van der Waals surface area contributed by atoms with Crippen molar-refractivity contribution in [3.8, 4) is 5.75 Å². The number of rotatable bonds is 9. The molecule has 1 N–H and O–H groups in total. The molecule has 184 valence electrons. The van der Waals surface area contributed by atoms with E-state index >= 15 is 0 Å². The SMILES string of the molecule is Cc1cccc2sc(NC(=O)CSc3nnc(C(C)Oc4ccc(C(C)C)cc4)n3C(C)C)nc12. The summed E-state index contributed by atoms with van der Waals surface area (Å²) in [5.74, 6) is 2.09. The zero-order chi connectivity index (χ0) is 25.1. The number of para-hydroxylation sites is 1. The lowest BCUT2D eigenvalue weighted by molar-refractivity contribution is -0.113. The monoisotopic (exact) mass is 509 g/mol. The Balaban J connectivity index is 1.42. The average molecular weight is 510 g/mol. The molecule has 0 saturated carbocycles. The van der Waals surface area contributed by atoms with Gasteiger partial charge in [0.2, 0.25) is 5.91 Å². The van der Waals surface area contributed by atoms with Gasteiger partial charge in [-0.3, -0.25) is 4.79 Å². The highest BCUT2D eigenvalue weighted by Crippen LogP contribution is 2.30. The molecule has 9 heteroatoms. The van der Waals surface area contributed by atoms with E-state index in [1.807, 2.05) is 48.7 Å². The van der Waals surface area contributed by atoms with E-state index in [0.29, 0.717) is 16.2 Å². The van der Waals surface area contributed by atoms with Gasteiger partial charge in [-0.15, -0.1) is 10.2 Å². The van der Waals surface area contributed by atoms with Gasteiger partial charge >= 0.3 is 0 Å². The first-order chi connectivity index (χ1) is 16.7. The van der Waals surface area contributed by atoms with Crippen molar-refractivity contribution in [2.75, 3.05) is 11.1 Å². The lowest BCUT2D eigenvalue weighted by atomic mass is 10.0. The number of hydrogen-bond donors (Lipinski definition) is 1. The maximum atomic E-state index is 12.6. The molecule has 35 heavy (non-hydrogen) atoms. The van der Waals surface area contributed by atoms with E-state index < -0.39 is 0 Å². The molecule has 0 radical (unpaired) electrons. The summed E-state index contributed by atoms with van der Waals surface area (Å²) in [5, 5.41) is 13.0. The summed E-state index contributed by atoms with van der Waals surface area (Å²) in [7, 11) is 0. The van der Waals surface area contributed by atoms with Gasteiger partial charge in [0.15, 0.2) is 22.2 Å². The topological polar surface area (TPSA) is 81.9 Å². The van der Waals surface area contributed by atoms with E-state index in [1.165, 1.54) is 28.7 Å². The Bertz CT molecular complexity index is 1310. The molecule has 0 aliphatic heterocycles. The Labute approximate surface area is 214 Å². The standard InChI is InChI=1S/C26H31N5O2S2/c1-15(2)19-10-12-20(13-11-19)33-18(6)24-29-30-26(31(24)16(3)4)34-14-22(32)27-25-28-23-17(5)8-7-9-21(23)35-25/h7-13,15-16,18H,14H2,1-6H3,(H,27,28,32). The number of thiazole rings is 1. The maximum Gasteiger partial charge on any atom is 0.236 e. The quantitative estimate of drug-likeness (QED) is 0.251. The molecule has 2 aromatic carbocycles. The highest BCUT2D eigenvalue weighted by Gasteiger charge is 2.22. The van der Waals surface area contributed by atoms with Crippen LogP contribution in [0.2, 0.25) is 0 Å². The minimum atomic E-state index is -0.288. The van der Waals surface area contributed by atoms with Gasteiger partial charge in [0.05, 0.1) is 16.0 Å². The molecule has 4 aromatic rings. The summed E-state index contributed by atoms with van der Waals surface area (Å²) in [4.78, 5) is 17.2. The predicted molar refractivity (Wildman–Crippen MR) is 144 cm³/mol. The van der Waals surface area contributed by atoms with Crippen molar-refractivity contribution in [3.63, 3.8) is 0 Å². The Morgan fingerprint density at radius 1 is 1.09 bits per heavy atom. The number of thioether (sulfide) groups is 1. The Hall–Kier alpha value is -2.91. The zero-order valence-corrected chi connectivity index (χ0v) is 22.5. The first kappa shape index (κ1) is 25.2. The summed E-state index contributed by atoms with van der Waals surface area (Å²) in [6.45, 7) is 12.5. The molecule has 4 rings (SSSR count). The van der Waals surface area contributed by atoms with E-state index in [1.54, 1.807) is 0 Å². The van der Waals surface area contributed by atoms with Crippen molar-refractivity contribution >= 4 is 44.4 Å². The predicted octanol–water partition coefficient (Wildman–Crippen LogP) is 6.77. The summed E-state index contributed by atoms with van der Waals surface area (Å²) < 4.78 is 9.26. The number of aromatic nitrogens is 4. The van der Waals surface area contributed by atoms with Crippen LogP contribution in [0.3, 0.4) is 0 Å². The fourth-order valence-corrected chi connectivity index (χ4v) is 5.60.